The number of aryl methyl sites for hydroxylation is 1. The van der Waals surface area contributed by atoms with Gasteiger partial charge in [0.1, 0.15) is 6.73 Å². The van der Waals surface area contributed by atoms with Crippen molar-refractivity contribution in [3.63, 3.8) is 0 Å². The molecule has 0 aliphatic carbocycles. The zero-order valence-corrected chi connectivity index (χ0v) is 10.1. The van der Waals surface area contributed by atoms with Gasteiger partial charge in [-0.05, 0) is 26.7 Å². The van der Waals surface area contributed by atoms with E-state index in [9.17, 15) is 0 Å². The Bertz CT molecular complexity index is 318. The van der Waals surface area contributed by atoms with Crippen LogP contribution in [0.1, 0.15) is 39.1 Å². The van der Waals surface area contributed by atoms with Crippen LogP contribution in [0.2, 0.25) is 0 Å². The standard InChI is InChI=1S/C11H21N3O/c1-5-9-11(12)10(6-2)14(13-9)7-15-8(3)4/h8H,5-7,12H2,1-4H3. The van der Waals surface area contributed by atoms with E-state index in [-0.39, 0.29) is 6.10 Å². The van der Waals surface area contributed by atoms with E-state index in [4.69, 9.17) is 10.5 Å². The fourth-order valence-corrected chi connectivity index (χ4v) is 1.53. The molecule has 15 heavy (non-hydrogen) atoms. The summed E-state index contributed by atoms with van der Waals surface area (Å²) in [7, 11) is 0. The minimum atomic E-state index is 0.213. The van der Waals surface area contributed by atoms with Crippen LogP contribution in [0.4, 0.5) is 5.69 Å². The van der Waals surface area contributed by atoms with Crippen molar-refractivity contribution in [2.45, 2.75) is 53.4 Å². The lowest BCUT2D eigenvalue weighted by atomic mass is 10.2. The summed E-state index contributed by atoms with van der Waals surface area (Å²) in [5, 5.41) is 4.44. The molecule has 0 amide bonds. The van der Waals surface area contributed by atoms with E-state index < -0.39 is 0 Å². The van der Waals surface area contributed by atoms with E-state index in [1.807, 2.05) is 18.5 Å². The first-order valence-corrected chi connectivity index (χ1v) is 5.55. The zero-order valence-electron chi connectivity index (χ0n) is 10.1. The highest BCUT2D eigenvalue weighted by molar-refractivity contribution is 5.48. The van der Waals surface area contributed by atoms with Crippen molar-refractivity contribution >= 4 is 5.69 Å². The summed E-state index contributed by atoms with van der Waals surface area (Å²) < 4.78 is 7.40. The Morgan fingerprint density at radius 1 is 1.33 bits per heavy atom. The van der Waals surface area contributed by atoms with E-state index in [2.05, 4.69) is 18.9 Å². The van der Waals surface area contributed by atoms with Crippen LogP contribution < -0.4 is 5.73 Å². The first kappa shape index (κ1) is 12.0. The average molecular weight is 211 g/mol. The van der Waals surface area contributed by atoms with E-state index in [1.165, 1.54) is 0 Å². The maximum atomic E-state index is 5.99. The fourth-order valence-electron chi connectivity index (χ4n) is 1.53. The lowest BCUT2D eigenvalue weighted by Gasteiger charge is -2.09. The summed E-state index contributed by atoms with van der Waals surface area (Å²) in [6.45, 7) is 8.66. The lowest BCUT2D eigenvalue weighted by molar-refractivity contribution is 0.0205. The molecule has 0 aliphatic rings. The third kappa shape index (κ3) is 2.72. The highest BCUT2D eigenvalue weighted by atomic mass is 16.5. The molecule has 0 unspecified atom stereocenters. The van der Waals surface area contributed by atoms with Crippen molar-refractivity contribution in [1.82, 2.24) is 9.78 Å². The van der Waals surface area contributed by atoms with Gasteiger partial charge in [0.15, 0.2) is 0 Å². The summed E-state index contributed by atoms with van der Waals surface area (Å²) in [4.78, 5) is 0. The van der Waals surface area contributed by atoms with Crippen LogP contribution >= 0.6 is 0 Å². The molecule has 1 heterocycles. The maximum Gasteiger partial charge on any atom is 0.140 e. The van der Waals surface area contributed by atoms with Gasteiger partial charge in [-0.2, -0.15) is 5.10 Å². The highest BCUT2D eigenvalue weighted by Gasteiger charge is 2.12. The Hall–Kier alpha value is -1.03. The van der Waals surface area contributed by atoms with E-state index in [0.717, 1.165) is 29.9 Å². The van der Waals surface area contributed by atoms with Crippen LogP contribution in [-0.4, -0.2) is 15.9 Å². The van der Waals surface area contributed by atoms with E-state index >= 15 is 0 Å². The van der Waals surface area contributed by atoms with E-state index in [0.29, 0.717) is 6.73 Å². The Kier molecular flexibility index (Phi) is 4.15. The summed E-state index contributed by atoms with van der Waals surface area (Å²) in [5.74, 6) is 0. The minimum Gasteiger partial charge on any atom is -0.396 e. The Labute approximate surface area is 91.4 Å². The smallest absolute Gasteiger partial charge is 0.140 e. The predicted octanol–water partition coefficient (Wildman–Crippen LogP) is 1.97. The molecular formula is C11H21N3O. The number of hydrogen-bond donors (Lipinski definition) is 1. The molecule has 0 saturated heterocycles. The molecule has 0 fully saturated rings. The summed E-state index contributed by atoms with van der Waals surface area (Å²) >= 11 is 0. The second-order valence-corrected chi connectivity index (χ2v) is 3.86. The van der Waals surface area contributed by atoms with E-state index in [1.54, 1.807) is 0 Å². The largest absolute Gasteiger partial charge is 0.396 e. The first-order valence-electron chi connectivity index (χ1n) is 5.55. The second-order valence-electron chi connectivity index (χ2n) is 3.86. The van der Waals surface area contributed by atoms with Crippen LogP contribution in [0.5, 0.6) is 0 Å². The van der Waals surface area contributed by atoms with Crippen molar-refractivity contribution in [2.75, 3.05) is 5.73 Å². The molecule has 86 valence electrons. The Morgan fingerprint density at radius 3 is 2.47 bits per heavy atom. The molecular weight excluding hydrogens is 190 g/mol. The summed E-state index contributed by atoms with van der Waals surface area (Å²) in [5.41, 5.74) is 8.87. The van der Waals surface area contributed by atoms with Gasteiger partial charge in [-0.1, -0.05) is 13.8 Å². The number of nitrogens with zero attached hydrogens (tertiary/aromatic N) is 2. The molecule has 1 rings (SSSR count). The molecule has 0 spiro atoms. The van der Waals surface area contributed by atoms with Gasteiger partial charge in [0.05, 0.1) is 23.2 Å². The second kappa shape index (κ2) is 5.16. The van der Waals surface area contributed by atoms with Crippen molar-refractivity contribution in [2.24, 2.45) is 0 Å². The Morgan fingerprint density at radius 2 is 2.00 bits per heavy atom. The van der Waals surface area contributed by atoms with Crippen molar-refractivity contribution < 1.29 is 4.74 Å². The monoisotopic (exact) mass is 211 g/mol. The van der Waals surface area contributed by atoms with Crippen molar-refractivity contribution in [3.8, 4) is 0 Å². The van der Waals surface area contributed by atoms with Gasteiger partial charge in [0.25, 0.3) is 0 Å². The van der Waals surface area contributed by atoms with Crippen molar-refractivity contribution in [1.29, 1.82) is 0 Å². The Balaban J connectivity index is 2.86. The van der Waals surface area contributed by atoms with Crippen LogP contribution in [0.3, 0.4) is 0 Å². The third-order valence-corrected chi connectivity index (χ3v) is 2.37. The van der Waals surface area contributed by atoms with Gasteiger partial charge < -0.3 is 10.5 Å². The molecule has 0 aliphatic heterocycles. The highest BCUT2D eigenvalue weighted by Crippen LogP contribution is 2.18. The SMILES string of the molecule is CCc1nn(COC(C)C)c(CC)c1N. The third-order valence-electron chi connectivity index (χ3n) is 2.37. The van der Waals surface area contributed by atoms with Gasteiger partial charge in [-0.3, -0.25) is 0 Å². The van der Waals surface area contributed by atoms with Crippen LogP contribution in [0.15, 0.2) is 0 Å². The number of nitrogens with two attached hydrogens (primary N) is 1. The molecule has 0 radical (unpaired) electrons. The summed E-state index contributed by atoms with van der Waals surface area (Å²) in [6.07, 6.45) is 1.97. The normalized spacial score (nSPS) is 11.3. The maximum absolute atomic E-state index is 5.99. The van der Waals surface area contributed by atoms with Gasteiger partial charge in [-0.25, -0.2) is 4.68 Å². The number of aromatic nitrogens is 2. The molecule has 0 bridgehead atoms. The molecule has 0 atom stereocenters. The topological polar surface area (TPSA) is 53.1 Å². The van der Waals surface area contributed by atoms with Crippen LogP contribution in [0.25, 0.3) is 0 Å². The molecule has 0 saturated carbocycles. The molecule has 4 heteroatoms. The number of nitrogen functional groups attached to an aromatic ring is 1. The molecule has 4 nitrogen and oxygen atoms in total. The number of anilines is 1. The molecule has 1 aromatic rings. The molecule has 0 aromatic carbocycles. The van der Waals surface area contributed by atoms with Crippen molar-refractivity contribution in [3.05, 3.63) is 11.4 Å². The quantitative estimate of drug-likeness (QED) is 0.810. The number of ether oxygens (including phenoxy) is 1. The lowest BCUT2D eigenvalue weighted by Crippen LogP contribution is -2.12. The molecule has 1 aromatic heterocycles. The summed E-state index contributed by atoms with van der Waals surface area (Å²) in [6, 6.07) is 0. The van der Waals surface area contributed by atoms with Gasteiger partial charge in [-0.15, -0.1) is 0 Å². The van der Waals surface area contributed by atoms with Gasteiger partial charge in [0, 0.05) is 0 Å². The molecule has 2 N–H and O–H groups in total. The average Bonchev–Trinajstić information content (AvgIpc) is 2.51. The zero-order chi connectivity index (χ0) is 11.4. The predicted molar refractivity (Wildman–Crippen MR) is 61.6 cm³/mol. The van der Waals surface area contributed by atoms with Gasteiger partial charge >= 0.3 is 0 Å². The number of rotatable bonds is 5. The minimum absolute atomic E-state index is 0.213. The fraction of sp³-hybridized carbons (Fsp3) is 0.727. The number of hydrogen-bond acceptors (Lipinski definition) is 3. The van der Waals surface area contributed by atoms with Crippen LogP contribution in [-0.2, 0) is 24.3 Å². The van der Waals surface area contributed by atoms with Gasteiger partial charge in [0.2, 0.25) is 0 Å². The first-order chi connectivity index (χ1) is 7.10. The van der Waals surface area contributed by atoms with Crippen LogP contribution in [0, 0.1) is 0 Å².